The van der Waals surface area contributed by atoms with Crippen LogP contribution in [0.25, 0.3) is 0 Å². The maximum absolute atomic E-state index is 11.5. The highest BCUT2D eigenvalue weighted by Crippen LogP contribution is 2.42. The van der Waals surface area contributed by atoms with Gasteiger partial charge in [-0.05, 0) is 43.5 Å². The van der Waals surface area contributed by atoms with Crippen LogP contribution in [0.3, 0.4) is 0 Å². The molecule has 0 atom stereocenters. The van der Waals surface area contributed by atoms with Crippen LogP contribution >= 0.6 is 11.8 Å². The van der Waals surface area contributed by atoms with Gasteiger partial charge in [0, 0.05) is 27.0 Å². The van der Waals surface area contributed by atoms with Crippen molar-refractivity contribution in [3.05, 3.63) is 47.0 Å². The van der Waals surface area contributed by atoms with Crippen molar-refractivity contribution in [1.82, 2.24) is 0 Å². The summed E-state index contributed by atoms with van der Waals surface area (Å²) in [6.07, 6.45) is 1.47. The Morgan fingerprint density at radius 1 is 1.05 bits per heavy atom. The van der Waals surface area contributed by atoms with Gasteiger partial charge in [-0.25, -0.2) is 0 Å². The van der Waals surface area contributed by atoms with E-state index in [9.17, 15) is 15.0 Å². The molecule has 0 amide bonds. The van der Waals surface area contributed by atoms with E-state index >= 15 is 0 Å². The lowest BCUT2D eigenvalue weighted by molar-refractivity contribution is 0.101. The molecule has 0 unspecified atom stereocenters. The lowest BCUT2D eigenvalue weighted by Crippen LogP contribution is -1.96. The van der Waals surface area contributed by atoms with Gasteiger partial charge in [0.2, 0.25) is 0 Å². The van der Waals surface area contributed by atoms with Crippen molar-refractivity contribution in [3.8, 4) is 11.5 Å². The largest absolute Gasteiger partial charge is 0.508 e. The Morgan fingerprint density at radius 3 is 2.45 bits per heavy atom. The Kier molecular flexibility index (Phi) is 5.14. The topological polar surface area (TPSA) is 57.5 Å². The molecule has 3 rings (SSSR count). The summed E-state index contributed by atoms with van der Waals surface area (Å²) in [6, 6.07) is 8.73. The number of Topliss-reactive ketones (excluding diaryl/α,β-unsaturated/α-hetero) is 1. The third kappa shape index (κ3) is 3.28. The fraction of sp³-hybridized carbons (Fsp3) is 0.278. The number of carbonyl (C=O) groups is 1. The van der Waals surface area contributed by atoms with Crippen molar-refractivity contribution >= 4 is 17.5 Å². The van der Waals surface area contributed by atoms with Gasteiger partial charge in [0.15, 0.2) is 5.78 Å². The second-order valence-corrected chi connectivity index (χ2v) is 6.01. The zero-order valence-corrected chi connectivity index (χ0v) is 13.8. The second kappa shape index (κ2) is 6.88. The molecule has 0 saturated carbocycles. The summed E-state index contributed by atoms with van der Waals surface area (Å²) in [7, 11) is 0. The lowest BCUT2D eigenvalue weighted by Gasteiger charge is -2.08. The maximum Gasteiger partial charge on any atom is 0.159 e. The van der Waals surface area contributed by atoms with Crippen LogP contribution in [0.2, 0.25) is 0 Å². The molecule has 2 aromatic carbocycles. The number of rotatable bonds is 1. The van der Waals surface area contributed by atoms with Gasteiger partial charge in [-0.15, -0.1) is 0 Å². The van der Waals surface area contributed by atoms with E-state index in [0.717, 1.165) is 27.3 Å². The van der Waals surface area contributed by atoms with Crippen LogP contribution < -0.4 is 0 Å². The monoisotopic (exact) mass is 316 g/mol. The molecule has 2 aromatic rings. The average molecular weight is 316 g/mol. The first kappa shape index (κ1) is 16.4. The summed E-state index contributed by atoms with van der Waals surface area (Å²) in [5, 5.41) is 19.6. The SMILES string of the molecule is CC.CC(=O)c1ccc2c(c1)CCc1c(O)cc(O)cc1S2. The standard InChI is InChI=1S/C16H14O3S.C2H6/c1-9(17)10-3-5-15-11(6-10)2-4-13-14(19)7-12(18)8-16(13)20-15;1-2/h3,5-8,18-19H,2,4H2,1H3;1-2H3. The fourth-order valence-corrected chi connectivity index (χ4v) is 3.60. The highest BCUT2D eigenvalue weighted by molar-refractivity contribution is 7.99. The number of hydrogen-bond acceptors (Lipinski definition) is 4. The van der Waals surface area contributed by atoms with Gasteiger partial charge in [0.25, 0.3) is 0 Å². The van der Waals surface area contributed by atoms with E-state index in [1.165, 1.54) is 17.8 Å². The molecule has 0 aromatic heterocycles. The number of aryl methyl sites for hydroxylation is 1. The summed E-state index contributed by atoms with van der Waals surface area (Å²) < 4.78 is 0. The molecule has 4 heteroatoms. The first-order valence-corrected chi connectivity index (χ1v) is 8.23. The van der Waals surface area contributed by atoms with Crippen LogP contribution in [-0.4, -0.2) is 16.0 Å². The molecular formula is C18H20O3S. The van der Waals surface area contributed by atoms with Crippen LogP contribution in [0.4, 0.5) is 0 Å². The number of carbonyl (C=O) groups excluding carboxylic acids is 1. The van der Waals surface area contributed by atoms with Gasteiger partial charge in [-0.2, -0.15) is 0 Å². The van der Waals surface area contributed by atoms with Crippen molar-refractivity contribution in [3.63, 3.8) is 0 Å². The second-order valence-electron chi connectivity index (χ2n) is 4.92. The molecule has 0 aliphatic carbocycles. The average Bonchev–Trinajstić information content (AvgIpc) is 2.67. The smallest absolute Gasteiger partial charge is 0.159 e. The maximum atomic E-state index is 11.5. The predicted molar refractivity (Wildman–Crippen MR) is 89.1 cm³/mol. The van der Waals surface area contributed by atoms with E-state index in [1.54, 1.807) is 13.0 Å². The first-order valence-electron chi connectivity index (χ1n) is 7.41. The Balaban J connectivity index is 0.000000847. The summed E-state index contributed by atoms with van der Waals surface area (Å²) in [5.41, 5.74) is 2.67. The Labute approximate surface area is 135 Å². The molecule has 0 bridgehead atoms. The van der Waals surface area contributed by atoms with Crippen molar-refractivity contribution in [2.45, 2.75) is 43.4 Å². The van der Waals surface area contributed by atoms with Gasteiger partial charge in [-0.3, -0.25) is 4.79 Å². The minimum Gasteiger partial charge on any atom is -0.508 e. The number of phenolic OH excluding ortho intramolecular Hbond substituents is 2. The van der Waals surface area contributed by atoms with E-state index in [2.05, 4.69) is 0 Å². The molecule has 0 radical (unpaired) electrons. The van der Waals surface area contributed by atoms with Crippen LogP contribution in [0.5, 0.6) is 11.5 Å². The van der Waals surface area contributed by atoms with Crippen molar-refractivity contribution in [2.75, 3.05) is 0 Å². The Bertz CT molecular complexity index is 708. The number of phenols is 2. The molecule has 116 valence electrons. The number of fused-ring (bicyclic) bond motifs is 2. The number of aromatic hydroxyl groups is 2. The molecule has 0 spiro atoms. The quantitative estimate of drug-likeness (QED) is 0.756. The summed E-state index contributed by atoms with van der Waals surface area (Å²) in [5.74, 6) is 0.254. The first-order chi connectivity index (χ1) is 10.5. The minimum absolute atomic E-state index is 0.0556. The number of hydrogen-bond donors (Lipinski definition) is 2. The predicted octanol–water partition coefficient (Wildman–Crippen LogP) is 4.58. The van der Waals surface area contributed by atoms with E-state index in [0.29, 0.717) is 12.0 Å². The van der Waals surface area contributed by atoms with E-state index in [1.807, 2.05) is 32.0 Å². The summed E-state index contributed by atoms with van der Waals surface area (Å²) in [4.78, 5) is 13.4. The van der Waals surface area contributed by atoms with Crippen molar-refractivity contribution < 1.29 is 15.0 Å². The highest BCUT2D eigenvalue weighted by Gasteiger charge is 2.18. The zero-order valence-electron chi connectivity index (χ0n) is 13.0. The zero-order chi connectivity index (χ0) is 16.3. The third-order valence-corrected chi connectivity index (χ3v) is 4.70. The Morgan fingerprint density at radius 2 is 1.77 bits per heavy atom. The number of benzene rings is 2. The van der Waals surface area contributed by atoms with Gasteiger partial charge in [-0.1, -0.05) is 31.7 Å². The van der Waals surface area contributed by atoms with Crippen LogP contribution in [0, 0.1) is 0 Å². The normalized spacial score (nSPS) is 12.3. The van der Waals surface area contributed by atoms with Crippen molar-refractivity contribution in [2.24, 2.45) is 0 Å². The van der Waals surface area contributed by atoms with E-state index in [-0.39, 0.29) is 17.3 Å². The summed E-state index contributed by atoms with van der Waals surface area (Å²) in [6.45, 7) is 5.56. The molecule has 22 heavy (non-hydrogen) atoms. The lowest BCUT2D eigenvalue weighted by atomic mass is 10.0. The molecule has 3 nitrogen and oxygen atoms in total. The Hall–Kier alpha value is -1.94. The van der Waals surface area contributed by atoms with Gasteiger partial charge in [0.05, 0.1) is 0 Å². The van der Waals surface area contributed by atoms with Crippen LogP contribution in [0.1, 0.15) is 42.3 Å². The molecule has 0 fully saturated rings. The molecule has 1 aliphatic heterocycles. The van der Waals surface area contributed by atoms with E-state index in [4.69, 9.17) is 0 Å². The molecule has 0 saturated heterocycles. The molecule has 2 N–H and O–H groups in total. The molecular weight excluding hydrogens is 296 g/mol. The van der Waals surface area contributed by atoms with Crippen molar-refractivity contribution in [1.29, 1.82) is 0 Å². The van der Waals surface area contributed by atoms with Crippen LogP contribution in [0.15, 0.2) is 40.1 Å². The number of ketones is 1. The minimum atomic E-state index is 0.0556. The van der Waals surface area contributed by atoms with Gasteiger partial charge < -0.3 is 10.2 Å². The van der Waals surface area contributed by atoms with Crippen LogP contribution in [-0.2, 0) is 12.8 Å². The van der Waals surface area contributed by atoms with Gasteiger partial charge in [0.1, 0.15) is 11.5 Å². The van der Waals surface area contributed by atoms with E-state index < -0.39 is 0 Å². The summed E-state index contributed by atoms with van der Waals surface area (Å²) >= 11 is 1.52. The molecule has 1 aliphatic rings. The highest BCUT2D eigenvalue weighted by atomic mass is 32.2. The van der Waals surface area contributed by atoms with Gasteiger partial charge >= 0.3 is 0 Å². The molecule has 1 heterocycles. The third-order valence-electron chi connectivity index (χ3n) is 3.50. The fourth-order valence-electron chi connectivity index (χ4n) is 2.43.